The first-order valence-electron chi connectivity index (χ1n) is 1.85. The standard InChI is InChI=1S/C4H9N.BrH/c1-3-4(2)5;/h5H,3H2,1-2H3;1H. The monoisotopic (exact) mass is 151 g/mol. The molecule has 1 nitrogen and oxygen atoms in total. The molecule has 0 aliphatic heterocycles. The van der Waals surface area contributed by atoms with Crippen LogP contribution in [0.25, 0.3) is 0 Å². The van der Waals surface area contributed by atoms with Crippen LogP contribution in [0.2, 0.25) is 0 Å². The highest BCUT2D eigenvalue weighted by atomic mass is 79.9. The minimum atomic E-state index is 0. The third-order valence-electron chi connectivity index (χ3n) is 0.558. The number of halogens is 1. The summed E-state index contributed by atoms with van der Waals surface area (Å²) in [6, 6.07) is 0. The van der Waals surface area contributed by atoms with Crippen LogP contribution < -0.4 is 22.4 Å². The van der Waals surface area contributed by atoms with Crippen LogP contribution in [0.4, 0.5) is 0 Å². The highest BCUT2D eigenvalue weighted by molar-refractivity contribution is 5.74. The maximum atomic E-state index is 5.21. The molecule has 0 bridgehead atoms. The Morgan fingerprint density at radius 1 is 1.67 bits per heavy atom. The maximum Gasteiger partial charge on any atom is 0.145 e. The van der Waals surface area contributed by atoms with Gasteiger partial charge in [0.15, 0.2) is 0 Å². The van der Waals surface area contributed by atoms with Crippen LogP contribution in [0, 0.1) is 0 Å². The average Bonchev–Trinajstić information content (AvgIpc) is 1.38. The maximum absolute atomic E-state index is 5.21. The van der Waals surface area contributed by atoms with Gasteiger partial charge in [0.1, 0.15) is 5.71 Å². The fourth-order valence-electron chi connectivity index (χ4n) is 0. The smallest absolute Gasteiger partial charge is 0.145 e. The second-order valence-electron chi connectivity index (χ2n) is 1.20. The van der Waals surface area contributed by atoms with Gasteiger partial charge >= 0.3 is 0 Å². The normalized spacial score (nSPS) is 6.33. The van der Waals surface area contributed by atoms with Gasteiger partial charge in [0.05, 0.1) is 0 Å². The summed E-state index contributed by atoms with van der Waals surface area (Å²) in [5.41, 5.74) is 1.00. The van der Waals surface area contributed by atoms with Crippen molar-refractivity contribution in [3.05, 3.63) is 0 Å². The van der Waals surface area contributed by atoms with E-state index in [0.717, 1.165) is 12.1 Å². The summed E-state index contributed by atoms with van der Waals surface area (Å²) in [4.78, 5) is 0. The molecule has 0 aromatic carbocycles. The molecule has 0 fully saturated rings. The molecule has 0 spiro atoms. The summed E-state index contributed by atoms with van der Waals surface area (Å²) in [5.74, 6) is 0. The van der Waals surface area contributed by atoms with E-state index in [9.17, 15) is 0 Å². The van der Waals surface area contributed by atoms with Crippen molar-refractivity contribution in [3.63, 3.8) is 0 Å². The van der Waals surface area contributed by atoms with E-state index >= 15 is 0 Å². The Morgan fingerprint density at radius 2 is 1.83 bits per heavy atom. The number of rotatable bonds is 1. The van der Waals surface area contributed by atoms with Gasteiger partial charge in [0.25, 0.3) is 0 Å². The van der Waals surface area contributed by atoms with Crippen LogP contribution in [0.5, 0.6) is 0 Å². The zero-order valence-corrected chi connectivity index (χ0v) is 5.75. The molecular formula is C4H10BrN. The summed E-state index contributed by atoms with van der Waals surface area (Å²) in [7, 11) is 0. The van der Waals surface area contributed by atoms with E-state index in [-0.39, 0.29) is 17.0 Å². The van der Waals surface area contributed by atoms with Crippen LogP contribution in [0.1, 0.15) is 20.3 Å². The van der Waals surface area contributed by atoms with Gasteiger partial charge < -0.3 is 17.0 Å². The molecular weight excluding hydrogens is 142 g/mol. The van der Waals surface area contributed by atoms with Crippen LogP contribution in [0.15, 0.2) is 0 Å². The molecule has 0 amide bonds. The Kier molecular flexibility index (Phi) is 8.13. The molecule has 0 aliphatic carbocycles. The summed E-state index contributed by atoms with van der Waals surface area (Å²) in [6.07, 6.45) is 1.00. The first kappa shape index (κ1) is 9.47. The van der Waals surface area contributed by atoms with E-state index in [1.54, 1.807) is 0 Å². The SMILES string of the molecule is CCC(C)=[NH2+].[Br-]. The van der Waals surface area contributed by atoms with Gasteiger partial charge in [-0.1, -0.05) is 6.92 Å². The summed E-state index contributed by atoms with van der Waals surface area (Å²) in [6.45, 7) is 3.95. The van der Waals surface area contributed by atoms with E-state index < -0.39 is 0 Å². The Hall–Kier alpha value is 0.150. The highest BCUT2D eigenvalue weighted by Gasteiger charge is 1.78. The molecule has 0 aromatic heterocycles. The van der Waals surface area contributed by atoms with Crippen molar-refractivity contribution in [1.82, 2.24) is 0 Å². The minimum Gasteiger partial charge on any atom is -1.00 e. The predicted molar refractivity (Wildman–Crippen MR) is 22.9 cm³/mol. The second-order valence-corrected chi connectivity index (χ2v) is 1.20. The molecule has 0 aliphatic rings. The van der Waals surface area contributed by atoms with Crippen molar-refractivity contribution in [2.45, 2.75) is 20.3 Å². The molecule has 0 heterocycles. The van der Waals surface area contributed by atoms with Crippen molar-refractivity contribution in [3.8, 4) is 0 Å². The number of hydrogen-bond acceptors (Lipinski definition) is 0. The van der Waals surface area contributed by atoms with E-state index in [2.05, 4.69) is 0 Å². The van der Waals surface area contributed by atoms with Crippen LogP contribution in [-0.4, -0.2) is 5.71 Å². The van der Waals surface area contributed by atoms with Gasteiger partial charge in [-0.15, -0.1) is 0 Å². The molecule has 0 radical (unpaired) electrons. The van der Waals surface area contributed by atoms with E-state index in [0.29, 0.717) is 0 Å². The Labute approximate surface area is 49.0 Å². The van der Waals surface area contributed by atoms with Crippen molar-refractivity contribution in [2.75, 3.05) is 0 Å². The van der Waals surface area contributed by atoms with Crippen molar-refractivity contribution < 1.29 is 22.4 Å². The van der Waals surface area contributed by atoms with Crippen LogP contribution in [-0.2, 0) is 0 Å². The topological polar surface area (TPSA) is 25.6 Å². The third-order valence-corrected chi connectivity index (χ3v) is 0.558. The van der Waals surface area contributed by atoms with Gasteiger partial charge in [-0.2, -0.15) is 0 Å². The van der Waals surface area contributed by atoms with Gasteiger partial charge in [0.2, 0.25) is 0 Å². The molecule has 0 unspecified atom stereocenters. The molecule has 2 N–H and O–H groups in total. The van der Waals surface area contributed by atoms with Crippen molar-refractivity contribution >= 4 is 5.71 Å². The number of nitrogens with two attached hydrogens (primary N) is 1. The highest BCUT2D eigenvalue weighted by Crippen LogP contribution is 1.67. The molecule has 6 heavy (non-hydrogen) atoms. The zero-order valence-electron chi connectivity index (χ0n) is 4.16. The summed E-state index contributed by atoms with van der Waals surface area (Å²) in [5, 5.41) is 5.21. The Balaban J connectivity index is 0. The largest absolute Gasteiger partial charge is 1.00 e. The lowest BCUT2D eigenvalue weighted by Crippen LogP contribution is -3.00. The zero-order chi connectivity index (χ0) is 4.28. The first-order valence-corrected chi connectivity index (χ1v) is 1.85. The quantitative estimate of drug-likeness (QED) is 0.379. The lowest BCUT2D eigenvalue weighted by atomic mass is 10.3. The van der Waals surface area contributed by atoms with E-state index in [1.165, 1.54) is 0 Å². The minimum absolute atomic E-state index is 0. The first-order chi connectivity index (χ1) is 2.27. The van der Waals surface area contributed by atoms with E-state index in [4.69, 9.17) is 5.41 Å². The van der Waals surface area contributed by atoms with Crippen molar-refractivity contribution in [2.24, 2.45) is 0 Å². The van der Waals surface area contributed by atoms with Gasteiger partial charge in [0, 0.05) is 13.3 Å². The molecule has 0 aromatic rings. The number of hydrogen-bond donors (Lipinski definition) is 1. The molecule has 0 atom stereocenters. The molecule has 0 rings (SSSR count). The van der Waals surface area contributed by atoms with Crippen molar-refractivity contribution in [1.29, 1.82) is 0 Å². The summed E-state index contributed by atoms with van der Waals surface area (Å²) >= 11 is 0. The molecule has 2 heteroatoms. The third kappa shape index (κ3) is 8.91. The predicted octanol–water partition coefficient (Wildman–Crippen LogP) is -3.38. The molecule has 0 saturated carbocycles. The van der Waals surface area contributed by atoms with E-state index in [1.807, 2.05) is 13.8 Å². The van der Waals surface area contributed by atoms with Gasteiger partial charge in [-0.05, 0) is 0 Å². The molecule has 38 valence electrons. The average molecular weight is 152 g/mol. The lowest BCUT2D eigenvalue weighted by molar-refractivity contribution is -0.116. The Bertz CT molecular complexity index is 42.8. The van der Waals surface area contributed by atoms with Gasteiger partial charge in [-0.25, -0.2) is 0 Å². The fourth-order valence-corrected chi connectivity index (χ4v) is 0. The van der Waals surface area contributed by atoms with Crippen LogP contribution in [0.3, 0.4) is 0 Å². The van der Waals surface area contributed by atoms with Crippen LogP contribution >= 0.6 is 0 Å². The second kappa shape index (κ2) is 5.15. The fraction of sp³-hybridized carbons (Fsp3) is 0.750. The Morgan fingerprint density at radius 3 is 1.83 bits per heavy atom. The summed E-state index contributed by atoms with van der Waals surface area (Å²) < 4.78 is 0. The molecule has 0 saturated heterocycles. The lowest BCUT2D eigenvalue weighted by Gasteiger charge is -1.69. The van der Waals surface area contributed by atoms with Gasteiger partial charge in [-0.3, -0.25) is 5.41 Å².